The number of para-hydroxylation sites is 1. The summed E-state index contributed by atoms with van der Waals surface area (Å²) in [6.07, 6.45) is 0. The van der Waals surface area contributed by atoms with E-state index in [0.717, 1.165) is 28.4 Å². The second kappa shape index (κ2) is 11.6. The molecule has 5 rings (SSSR count). The van der Waals surface area contributed by atoms with Gasteiger partial charge in [0.05, 0.1) is 32.6 Å². The van der Waals surface area contributed by atoms with Gasteiger partial charge in [0.2, 0.25) is 0 Å². The smallest absolute Gasteiger partial charge is 0.255 e. The highest BCUT2D eigenvalue weighted by molar-refractivity contribution is 5.98. The van der Waals surface area contributed by atoms with E-state index >= 15 is 0 Å². The number of hydrogen-bond donors (Lipinski definition) is 0. The number of ether oxygens (including phenoxy) is 3. The molecule has 40 heavy (non-hydrogen) atoms. The molecule has 1 aliphatic rings. The lowest BCUT2D eigenvalue weighted by molar-refractivity contribution is 0.0535. The number of nitrogens with zero attached hydrogens (tertiary/aromatic N) is 3. The fraction of sp³-hybridized carbons (Fsp3) is 0.250. The predicted octanol–water partition coefficient (Wildman–Crippen LogP) is 5.08. The number of amides is 2. The molecule has 0 spiro atoms. The van der Waals surface area contributed by atoms with Crippen LogP contribution in [0.5, 0.6) is 17.2 Å². The van der Waals surface area contributed by atoms with Gasteiger partial charge < -0.3 is 28.6 Å². The predicted molar refractivity (Wildman–Crippen MR) is 154 cm³/mol. The van der Waals surface area contributed by atoms with E-state index in [2.05, 4.69) is 4.57 Å². The Morgan fingerprint density at radius 3 is 1.85 bits per heavy atom. The van der Waals surface area contributed by atoms with Crippen molar-refractivity contribution in [3.63, 3.8) is 0 Å². The molecule has 0 bridgehead atoms. The van der Waals surface area contributed by atoms with Crippen LogP contribution in [0, 0.1) is 6.92 Å². The van der Waals surface area contributed by atoms with Crippen molar-refractivity contribution in [1.82, 2.24) is 14.4 Å². The second-order valence-electron chi connectivity index (χ2n) is 9.62. The van der Waals surface area contributed by atoms with Crippen LogP contribution in [0.15, 0.2) is 78.9 Å². The van der Waals surface area contributed by atoms with Gasteiger partial charge in [0.15, 0.2) is 0 Å². The number of piperazine rings is 1. The Morgan fingerprint density at radius 2 is 1.25 bits per heavy atom. The fourth-order valence-corrected chi connectivity index (χ4v) is 5.12. The monoisotopic (exact) mass is 539 g/mol. The molecule has 0 aliphatic carbocycles. The van der Waals surface area contributed by atoms with Crippen LogP contribution in [0.25, 0.3) is 16.9 Å². The van der Waals surface area contributed by atoms with Crippen LogP contribution in [-0.2, 0) is 0 Å². The molecule has 1 aromatic heterocycles. The highest BCUT2D eigenvalue weighted by Crippen LogP contribution is 2.32. The number of carbonyl (C=O) groups is 2. The van der Waals surface area contributed by atoms with Crippen LogP contribution >= 0.6 is 0 Å². The van der Waals surface area contributed by atoms with Gasteiger partial charge in [-0.25, -0.2) is 0 Å². The first-order valence-corrected chi connectivity index (χ1v) is 13.2. The summed E-state index contributed by atoms with van der Waals surface area (Å²) in [6, 6.07) is 24.9. The lowest BCUT2D eigenvalue weighted by Gasteiger charge is -2.35. The zero-order valence-corrected chi connectivity index (χ0v) is 23.2. The third kappa shape index (κ3) is 5.25. The molecular formula is C32H33N3O5. The van der Waals surface area contributed by atoms with E-state index in [1.54, 1.807) is 44.4 Å². The largest absolute Gasteiger partial charge is 0.497 e. The molecule has 1 aliphatic heterocycles. The summed E-state index contributed by atoms with van der Waals surface area (Å²) in [4.78, 5) is 30.7. The van der Waals surface area contributed by atoms with Crippen LogP contribution in [-0.4, -0.2) is 73.7 Å². The number of hydrogen-bond acceptors (Lipinski definition) is 5. The zero-order valence-electron chi connectivity index (χ0n) is 23.2. The van der Waals surface area contributed by atoms with Crippen molar-refractivity contribution in [2.45, 2.75) is 6.92 Å². The third-order valence-electron chi connectivity index (χ3n) is 7.31. The van der Waals surface area contributed by atoms with E-state index in [-0.39, 0.29) is 11.8 Å². The first-order valence-electron chi connectivity index (χ1n) is 13.2. The first-order chi connectivity index (χ1) is 19.4. The van der Waals surface area contributed by atoms with Crippen molar-refractivity contribution in [2.24, 2.45) is 0 Å². The molecule has 8 nitrogen and oxygen atoms in total. The van der Waals surface area contributed by atoms with E-state index in [1.165, 1.54) is 0 Å². The second-order valence-corrected chi connectivity index (χ2v) is 9.62. The highest BCUT2D eigenvalue weighted by Gasteiger charge is 2.29. The molecule has 2 heterocycles. The van der Waals surface area contributed by atoms with Crippen molar-refractivity contribution in [1.29, 1.82) is 0 Å². The van der Waals surface area contributed by atoms with Crippen LogP contribution in [0.3, 0.4) is 0 Å². The van der Waals surface area contributed by atoms with E-state index in [1.807, 2.05) is 72.5 Å². The first kappa shape index (κ1) is 26.9. The normalized spacial score (nSPS) is 13.2. The van der Waals surface area contributed by atoms with Crippen molar-refractivity contribution in [2.75, 3.05) is 47.5 Å². The quantitative estimate of drug-likeness (QED) is 0.328. The van der Waals surface area contributed by atoms with Gasteiger partial charge in [0.1, 0.15) is 17.2 Å². The maximum atomic E-state index is 13.8. The minimum absolute atomic E-state index is 0.0496. The lowest BCUT2D eigenvalue weighted by Crippen LogP contribution is -2.50. The van der Waals surface area contributed by atoms with E-state index < -0.39 is 0 Å². The molecule has 0 radical (unpaired) electrons. The van der Waals surface area contributed by atoms with Crippen molar-refractivity contribution >= 4 is 11.8 Å². The average molecular weight is 540 g/mol. The van der Waals surface area contributed by atoms with Crippen LogP contribution in [0.1, 0.15) is 26.4 Å². The molecule has 1 fully saturated rings. The Bertz CT molecular complexity index is 1500. The molecule has 8 heteroatoms. The minimum Gasteiger partial charge on any atom is -0.497 e. The summed E-state index contributed by atoms with van der Waals surface area (Å²) in [5.74, 6) is 1.70. The SMILES string of the molecule is COc1cc(OC)cc(C(=O)N2CCN(C(=O)c3cc(-c4cccc(OC)c4)n(-c4ccccc4)c3C)CC2)c1. The van der Waals surface area contributed by atoms with Crippen LogP contribution in [0.2, 0.25) is 0 Å². The Hall–Kier alpha value is -4.72. The van der Waals surface area contributed by atoms with Gasteiger partial charge >= 0.3 is 0 Å². The van der Waals surface area contributed by atoms with Gasteiger partial charge in [-0.1, -0.05) is 30.3 Å². The van der Waals surface area contributed by atoms with Gasteiger partial charge in [-0.3, -0.25) is 9.59 Å². The summed E-state index contributed by atoms with van der Waals surface area (Å²) in [5.41, 5.74) is 4.83. The molecule has 0 atom stereocenters. The maximum absolute atomic E-state index is 13.8. The van der Waals surface area contributed by atoms with E-state index in [4.69, 9.17) is 14.2 Å². The number of aromatic nitrogens is 1. The van der Waals surface area contributed by atoms with Gasteiger partial charge in [0.25, 0.3) is 11.8 Å². The van der Waals surface area contributed by atoms with Crippen LogP contribution in [0.4, 0.5) is 0 Å². The third-order valence-corrected chi connectivity index (χ3v) is 7.31. The molecular weight excluding hydrogens is 506 g/mol. The molecule has 0 N–H and O–H groups in total. The van der Waals surface area contributed by atoms with Crippen molar-refractivity contribution in [3.8, 4) is 34.2 Å². The number of carbonyl (C=O) groups excluding carboxylic acids is 2. The summed E-state index contributed by atoms with van der Waals surface area (Å²) >= 11 is 0. The number of methoxy groups -OCH3 is 3. The van der Waals surface area contributed by atoms with Gasteiger partial charge in [0, 0.05) is 54.8 Å². The van der Waals surface area contributed by atoms with Gasteiger partial charge in [-0.15, -0.1) is 0 Å². The average Bonchev–Trinajstić information content (AvgIpc) is 3.37. The maximum Gasteiger partial charge on any atom is 0.255 e. The van der Waals surface area contributed by atoms with Gasteiger partial charge in [-0.05, 0) is 49.4 Å². The summed E-state index contributed by atoms with van der Waals surface area (Å²) < 4.78 is 18.2. The van der Waals surface area contributed by atoms with E-state index in [0.29, 0.717) is 48.8 Å². The van der Waals surface area contributed by atoms with Crippen molar-refractivity contribution in [3.05, 3.63) is 95.7 Å². The number of benzene rings is 3. The molecule has 4 aromatic rings. The topological polar surface area (TPSA) is 73.2 Å². The van der Waals surface area contributed by atoms with Crippen molar-refractivity contribution < 1.29 is 23.8 Å². The molecule has 0 saturated carbocycles. The Kier molecular flexibility index (Phi) is 7.77. The standard InChI is InChI=1S/C32H33N3O5/c1-22-29(21-30(23-9-8-12-26(17-23)38-2)35(22)25-10-6-5-7-11-25)32(37)34-15-13-33(14-16-34)31(36)24-18-27(39-3)20-28(19-24)40-4/h5-12,17-21H,13-16H2,1-4H3. The highest BCUT2D eigenvalue weighted by atomic mass is 16.5. The fourth-order valence-electron chi connectivity index (χ4n) is 5.12. The Morgan fingerprint density at radius 1 is 0.650 bits per heavy atom. The molecule has 2 amide bonds. The zero-order chi connectivity index (χ0) is 28.2. The Balaban J connectivity index is 1.39. The van der Waals surface area contributed by atoms with Gasteiger partial charge in [-0.2, -0.15) is 0 Å². The molecule has 3 aromatic carbocycles. The summed E-state index contributed by atoms with van der Waals surface area (Å²) in [6.45, 7) is 3.72. The summed E-state index contributed by atoms with van der Waals surface area (Å²) in [7, 11) is 4.76. The molecule has 206 valence electrons. The van der Waals surface area contributed by atoms with Crippen LogP contribution < -0.4 is 14.2 Å². The Labute approximate surface area is 234 Å². The lowest BCUT2D eigenvalue weighted by atomic mass is 10.1. The number of rotatable bonds is 7. The van der Waals surface area contributed by atoms with E-state index in [9.17, 15) is 9.59 Å². The minimum atomic E-state index is -0.115. The molecule has 1 saturated heterocycles. The summed E-state index contributed by atoms with van der Waals surface area (Å²) in [5, 5.41) is 0. The molecule has 0 unspecified atom stereocenters.